The van der Waals surface area contributed by atoms with Crippen molar-refractivity contribution in [2.24, 2.45) is 7.05 Å². The Kier molecular flexibility index (Phi) is 9.56. The fourth-order valence-electron chi connectivity index (χ4n) is 7.26. The topological polar surface area (TPSA) is 124 Å². The van der Waals surface area contributed by atoms with Gasteiger partial charge in [-0.05, 0) is 79.1 Å². The van der Waals surface area contributed by atoms with Crippen molar-refractivity contribution in [1.29, 1.82) is 0 Å². The number of nitrogens with one attached hydrogen (secondary N) is 2. The van der Waals surface area contributed by atoms with E-state index in [1.165, 1.54) is 6.92 Å². The number of amides is 2. The van der Waals surface area contributed by atoms with E-state index in [2.05, 4.69) is 15.2 Å². The van der Waals surface area contributed by atoms with Crippen LogP contribution in [0, 0.1) is 0 Å². The summed E-state index contributed by atoms with van der Waals surface area (Å²) in [7, 11) is 6.72. The number of nitrogens with zero attached hydrogens (tertiary/aromatic N) is 3. The second-order valence-electron chi connectivity index (χ2n) is 12.4. The van der Waals surface area contributed by atoms with Gasteiger partial charge in [-0.2, -0.15) is 0 Å². The molecule has 252 valence electrons. The number of carbonyl (C=O) groups excluding carboxylic acids is 2. The molecule has 6 rings (SSSR count). The third-order valence-electron chi connectivity index (χ3n) is 9.49. The van der Waals surface area contributed by atoms with Crippen LogP contribution in [0.2, 0.25) is 0 Å². The van der Waals surface area contributed by atoms with Crippen molar-refractivity contribution >= 4 is 28.5 Å². The average Bonchev–Trinajstić information content (AvgIpc) is 3.62. The summed E-state index contributed by atoms with van der Waals surface area (Å²) in [6, 6.07) is 14.8. The molecule has 11 heteroatoms. The molecule has 1 fully saturated rings. The summed E-state index contributed by atoms with van der Waals surface area (Å²) in [6.07, 6.45) is 3.94. The lowest BCUT2D eigenvalue weighted by atomic mass is 9.95. The van der Waals surface area contributed by atoms with Gasteiger partial charge in [0.25, 0.3) is 0 Å². The average molecular weight is 654 g/mol. The molecule has 2 heterocycles. The Morgan fingerprint density at radius 1 is 1.00 bits per heavy atom. The number of benzene rings is 2. The van der Waals surface area contributed by atoms with Crippen LogP contribution in [-0.4, -0.2) is 60.7 Å². The third kappa shape index (κ3) is 6.16. The maximum absolute atomic E-state index is 13.6. The van der Waals surface area contributed by atoms with Crippen LogP contribution in [0.25, 0.3) is 22.2 Å². The molecule has 0 radical (unpaired) electrons. The number of likely N-dealkylation sites (tertiary alicyclic amines) is 1. The maximum atomic E-state index is 13.6. The lowest BCUT2D eigenvalue weighted by molar-refractivity contribution is -0.132. The fraction of sp³-hybridized carbons (Fsp3) is 0.405. The zero-order chi connectivity index (χ0) is 33.9. The Balaban J connectivity index is 1.22. The molecule has 48 heavy (non-hydrogen) atoms. The van der Waals surface area contributed by atoms with Gasteiger partial charge in [0.05, 0.1) is 50.1 Å². The van der Waals surface area contributed by atoms with Crippen LogP contribution in [-0.2, 0) is 23.1 Å². The molecule has 0 spiro atoms. The Hall–Kier alpha value is -5.06. The van der Waals surface area contributed by atoms with Gasteiger partial charge in [0.2, 0.25) is 23.0 Å². The summed E-state index contributed by atoms with van der Waals surface area (Å²) in [5.41, 5.74) is 5.42. The molecule has 2 amide bonds. The first kappa shape index (κ1) is 32.9. The van der Waals surface area contributed by atoms with Gasteiger partial charge in [-0.25, -0.2) is 4.98 Å². The molecule has 1 saturated heterocycles. The van der Waals surface area contributed by atoms with Gasteiger partial charge in [-0.15, -0.1) is 0 Å². The molecule has 2 N–H and O–H groups in total. The van der Waals surface area contributed by atoms with Gasteiger partial charge in [0, 0.05) is 39.0 Å². The molecular weight excluding hydrogens is 610 g/mol. The van der Waals surface area contributed by atoms with Crippen molar-refractivity contribution in [3.63, 3.8) is 0 Å². The van der Waals surface area contributed by atoms with Crippen molar-refractivity contribution in [1.82, 2.24) is 19.8 Å². The number of ether oxygens (including phenoxy) is 3. The van der Waals surface area contributed by atoms with Gasteiger partial charge in [-0.1, -0.05) is 18.2 Å². The number of hydrogen-bond donors (Lipinski definition) is 2. The number of aromatic nitrogens is 2. The predicted octanol–water partition coefficient (Wildman–Crippen LogP) is 5.31. The van der Waals surface area contributed by atoms with Gasteiger partial charge in [-0.3, -0.25) is 14.4 Å². The fourth-order valence-corrected chi connectivity index (χ4v) is 7.26. The van der Waals surface area contributed by atoms with E-state index >= 15 is 0 Å². The summed E-state index contributed by atoms with van der Waals surface area (Å²) in [5, 5.41) is 6.31. The van der Waals surface area contributed by atoms with Crippen LogP contribution in [0.1, 0.15) is 68.1 Å². The highest BCUT2D eigenvalue weighted by Gasteiger charge is 2.33. The number of aryl methyl sites for hydroxylation is 2. The first-order chi connectivity index (χ1) is 23.2. The van der Waals surface area contributed by atoms with Crippen LogP contribution in [0.3, 0.4) is 0 Å². The van der Waals surface area contributed by atoms with Gasteiger partial charge >= 0.3 is 0 Å². The number of fused-ring (bicyclic) bond motifs is 4. The highest BCUT2D eigenvalue weighted by Crippen LogP contribution is 2.50. The molecule has 0 bridgehead atoms. The van der Waals surface area contributed by atoms with E-state index in [0.717, 1.165) is 46.4 Å². The smallest absolute Gasteiger partial charge is 0.223 e. The SMILES string of the molecule is COc1cc2c(c(OC)c1OC)-c1ccc(NCCCC(=O)N3CCC[C@H]3c3nc4ccccc4n3C)c(=O)cc1[C@@H](NC(C)=O)CC2. The van der Waals surface area contributed by atoms with E-state index in [1.807, 2.05) is 48.3 Å². The Morgan fingerprint density at radius 2 is 1.79 bits per heavy atom. The lowest BCUT2D eigenvalue weighted by Gasteiger charge is -2.24. The normalized spacial score (nSPS) is 16.9. The van der Waals surface area contributed by atoms with E-state index in [1.54, 1.807) is 33.5 Å². The predicted molar refractivity (Wildman–Crippen MR) is 185 cm³/mol. The highest BCUT2D eigenvalue weighted by molar-refractivity contribution is 5.84. The molecule has 3 aromatic carbocycles. The van der Waals surface area contributed by atoms with Gasteiger partial charge < -0.3 is 34.3 Å². The minimum Gasteiger partial charge on any atom is -0.493 e. The van der Waals surface area contributed by atoms with Gasteiger partial charge in [0.1, 0.15) is 5.82 Å². The number of carbonyl (C=O) groups is 2. The quantitative estimate of drug-likeness (QED) is 0.221. The molecule has 1 aromatic heterocycles. The zero-order valence-electron chi connectivity index (χ0n) is 28.2. The molecular formula is C37H43N5O6. The second-order valence-corrected chi connectivity index (χ2v) is 12.4. The molecule has 2 atom stereocenters. The van der Waals surface area contributed by atoms with Crippen LogP contribution >= 0.6 is 0 Å². The largest absolute Gasteiger partial charge is 0.493 e. The summed E-state index contributed by atoms with van der Waals surface area (Å²) >= 11 is 0. The number of anilines is 1. The molecule has 4 aromatic rings. The number of imidazole rings is 1. The molecule has 0 unspecified atom stereocenters. The Bertz CT molecular complexity index is 1920. The summed E-state index contributed by atoms with van der Waals surface area (Å²) in [5.74, 6) is 2.32. The monoisotopic (exact) mass is 653 g/mol. The van der Waals surface area contributed by atoms with Crippen molar-refractivity contribution < 1.29 is 23.8 Å². The summed E-state index contributed by atoms with van der Waals surface area (Å²) in [6.45, 7) is 2.63. The Labute approximate surface area is 280 Å². The minimum absolute atomic E-state index is 0.0466. The van der Waals surface area contributed by atoms with Gasteiger partial charge in [0.15, 0.2) is 11.5 Å². The lowest BCUT2D eigenvalue weighted by Crippen LogP contribution is -2.32. The molecule has 0 saturated carbocycles. The number of para-hydroxylation sites is 2. The standard InChI is InChI=1S/C37H43N5O6/c1-22(43)39-26-16-14-23-20-32(46-3)35(47-4)36(48-5)34(23)24-15-17-28(31(44)21-25(24)26)38-18-8-13-33(45)42-19-9-12-30(42)37-40-27-10-6-7-11-29(27)41(37)2/h6-7,10-11,15,17,20-21,26,30H,8-9,12-14,16,18-19H2,1-5H3,(H,38,44)(H,39,43)/t26-,30-/m0/s1. The zero-order valence-corrected chi connectivity index (χ0v) is 28.2. The van der Waals surface area contributed by atoms with E-state index in [4.69, 9.17) is 19.2 Å². The third-order valence-corrected chi connectivity index (χ3v) is 9.49. The van der Waals surface area contributed by atoms with Crippen molar-refractivity contribution in [3.8, 4) is 28.4 Å². The number of hydrogen-bond acceptors (Lipinski definition) is 8. The van der Waals surface area contributed by atoms with Crippen LogP contribution < -0.4 is 30.3 Å². The highest BCUT2D eigenvalue weighted by atomic mass is 16.5. The second kappa shape index (κ2) is 14.0. The van der Waals surface area contributed by atoms with Crippen molar-refractivity contribution in [3.05, 3.63) is 75.7 Å². The first-order valence-corrected chi connectivity index (χ1v) is 16.5. The maximum Gasteiger partial charge on any atom is 0.223 e. The number of methoxy groups -OCH3 is 3. The van der Waals surface area contributed by atoms with E-state index < -0.39 is 0 Å². The molecule has 11 nitrogen and oxygen atoms in total. The molecule has 1 aliphatic heterocycles. The minimum atomic E-state index is -0.387. The van der Waals surface area contributed by atoms with Crippen molar-refractivity contribution in [2.45, 2.75) is 57.5 Å². The van der Waals surface area contributed by atoms with Crippen molar-refractivity contribution in [2.75, 3.05) is 39.7 Å². The Morgan fingerprint density at radius 3 is 2.52 bits per heavy atom. The van der Waals surface area contributed by atoms with E-state index in [0.29, 0.717) is 67.3 Å². The van der Waals surface area contributed by atoms with Crippen LogP contribution in [0.5, 0.6) is 17.2 Å². The van der Waals surface area contributed by atoms with Crippen LogP contribution in [0.4, 0.5) is 5.69 Å². The van der Waals surface area contributed by atoms with E-state index in [9.17, 15) is 14.4 Å². The number of rotatable bonds is 10. The first-order valence-electron chi connectivity index (χ1n) is 16.5. The summed E-state index contributed by atoms with van der Waals surface area (Å²) < 4.78 is 19.3. The molecule has 2 aliphatic rings. The van der Waals surface area contributed by atoms with Crippen LogP contribution in [0.15, 0.2) is 53.3 Å². The van der Waals surface area contributed by atoms with E-state index in [-0.39, 0.29) is 29.3 Å². The summed E-state index contributed by atoms with van der Waals surface area (Å²) in [4.78, 5) is 46.1. The molecule has 1 aliphatic carbocycles.